The summed E-state index contributed by atoms with van der Waals surface area (Å²) in [5, 5.41) is 0. The molecule has 0 radical (unpaired) electrons. The zero-order valence-corrected chi connectivity index (χ0v) is 12.6. The Morgan fingerprint density at radius 3 is 3.00 bits per heavy atom. The maximum absolute atomic E-state index is 5.74. The van der Waals surface area contributed by atoms with Gasteiger partial charge in [-0.05, 0) is 37.4 Å². The molecule has 2 rings (SSSR count). The van der Waals surface area contributed by atoms with E-state index in [-0.39, 0.29) is 0 Å². The van der Waals surface area contributed by atoms with Crippen LogP contribution in [0.25, 0.3) is 0 Å². The summed E-state index contributed by atoms with van der Waals surface area (Å²) in [6, 6.07) is 4.70. The highest BCUT2D eigenvalue weighted by molar-refractivity contribution is 7.80. The van der Waals surface area contributed by atoms with Crippen molar-refractivity contribution in [1.82, 2.24) is 9.88 Å². The molecular formula is C15H23N3S. The van der Waals surface area contributed by atoms with Gasteiger partial charge in [-0.1, -0.05) is 38.0 Å². The van der Waals surface area contributed by atoms with E-state index < -0.39 is 0 Å². The van der Waals surface area contributed by atoms with Gasteiger partial charge in [0.25, 0.3) is 0 Å². The first kappa shape index (κ1) is 14.4. The van der Waals surface area contributed by atoms with E-state index in [9.17, 15) is 0 Å². The minimum absolute atomic E-state index is 0.390. The Kier molecular flexibility index (Phi) is 4.88. The molecule has 104 valence electrons. The van der Waals surface area contributed by atoms with Crippen molar-refractivity contribution in [3.05, 3.63) is 29.6 Å². The summed E-state index contributed by atoms with van der Waals surface area (Å²) in [6.07, 6.45) is 7.05. The second-order valence-electron chi connectivity index (χ2n) is 5.72. The number of thiocarbonyl (C=S) groups is 1. The maximum Gasteiger partial charge on any atom is 0.123 e. The van der Waals surface area contributed by atoms with Gasteiger partial charge in [0, 0.05) is 18.8 Å². The van der Waals surface area contributed by atoms with E-state index >= 15 is 0 Å². The third kappa shape index (κ3) is 3.74. The van der Waals surface area contributed by atoms with Crippen LogP contribution < -0.4 is 5.73 Å². The van der Waals surface area contributed by atoms with Crippen LogP contribution >= 0.6 is 12.2 Å². The molecule has 0 aromatic carbocycles. The van der Waals surface area contributed by atoms with Crippen molar-refractivity contribution in [1.29, 1.82) is 0 Å². The standard InChI is InChI=1S/C15H23N3S/c1-11-5-3-7-13(9-11)18(2)10-12-6-4-8-17-14(12)15(16)19/h4,6,8,11,13H,3,5,7,9-10H2,1-2H3,(H2,16,19). The predicted octanol–water partition coefficient (Wildman–Crippen LogP) is 2.73. The molecule has 0 saturated heterocycles. The van der Waals surface area contributed by atoms with Crippen LogP contribution in [0.2, 0.25) is 0 Å². The van der Waals surface area contributed by atoms with Crippen LogP contribution in [0.3, 0.4) is 0 Å². The monoisotopic (exact) mass is 277 g/mol. The van der Waals surface area contributed by atoms with Gasteiger partial charge in [0.1, 0.15) is 10.7 Å². The molecule has 0 bridgehead atoms. The number of aromatic nitrogens is 1. The van der Waals surface area contributed by atoms with Crippen molar-refractivity contribution in [2.75, 3.05) is 7.05 Å². The number of rotatable bonds is 4. The molecule has 1 aromatic heterocycles. The lowest BCUT2D eigenvalue weighted by atomic mass is 9.86. The smallest absolute Gasteiger partial charge is 0.123 e. The minimum Gasteiger partial charge on any atom is -0.388 e. The molecular weight excluding hydrogens is 254 g/mol. The van der Waals surface area contributed by atoms with Gasteiger partial charge < -0.3 is 5.73 Å². The van der Waals surface area contributed by atoms with Gasteiger partial charge in [0.2, 0.25) is 0 Å². The number of nitrogens with two attached hydrogens (primary N) is 1. The summed E-state index contributed by atoms with van der Waals surface area (Å²) in [5.74, 6) is 0.838. The fourth-order valence-corrected chi connectivity index (χ4v) is 3.17. The van der Waals surface area contributed by atoms with Gasteiger partial charge in [-0.15, -0.1) is 0 Å². The number of nitrogens with zero attached hydrogens (tertiary/aromatic N) is 2. The molecule has 3 nitrogen and oxygen atoms in total. The zero-order chi connectivity index (χ0) is 13.8. The van der Waals surface area contributed by atoms with E-state index in [2.05, 4.69) is 29.9 Å². The number of pyridine rings is 1. The molecule has 1 aliphatic rings. The normalized spacial score (nSPS) is 23.5. The third-order valence-electron chi connectivity index (χ3n) is 4.08. The minimum atomic E-state index is 0.390. The van der Waals surface area contributed by atoms with Gasteiger partial charge in [-0.3, -0.25) is 9.88 Å². The van der Waals surface area contributed by atoms with Gasteiger partial charge in [0.15, 0.2) is 0 Å². The Bertz CT molecular complexity index is 447. The molecule has 1 aromatic rings. The van der Waals surface area contributed by atoms with Crippen LogP contribution in [0.5, 0.6) is 0 Å². The van der Waals surface area contributed by atoms with Crippen molar-refractivity contribution < 1.29 is 0 Å². The largest absolute Gasteiger partial charge is 0.388 e. The van der Waals surface area contributed by atoms with Crippen LogP contribution in [0.1, 0.15) is 43.9 Å². The average Bonchev–Trinajstić information content (AvgIpc) is 2.39. The molecule has 1 saturated carbocycles. The zero-order valence-electron chi connectivity index (χ0n) is 11.8. The fourth-order valence-electron chi connectivity index (χ4n) is 2.99. The molecule has 2 N–H and O–H groups in total. The summed E-state index contributed by atoms with van der Waals surface area (Å²) in [7, 11) is 2.19. The summed E-state index contributed by atoms with van der Waals surface area (Å²) in [4.78, 5) is 7.11. The van der Waals surface area contributed by atoms with E-state index in [1.54, 1.807) is 6.20 Å². The van der Waals surface area contributed by atoms with Crippen LogP contribution in [0, 0.1) is 5.92 Å². The molecule has 1 heterocycles. The maximum atomic E-state index is 5.74. The fraction of sp³-hybridized carbons (Fsp3) is 0.600. The van der Waals surface area contributed by atoms with E-state index in [1.165, 1.54) is 25.7 Å². The van der Waals surface area contributed by atoms with E-state index in [0.717, 1.165) is 23.7 Å². The third-order valence-corrected chi connectivity index (χ3v) is 4.27. The van der Waals surface area contributed by atoms with Crippen molar-refractivity contribution in [2.24, 2.45) is 11.7 Å². The van der Waals surface area contributed by atoms with E-state index in [1.807, 2.05) is 6.07 Å². The molecule has 1 aliphatic carbocycles. The molecule has 2 unspecified atom stereocenters. The second-order valence-corrected chi connectivity index (χ2v) is 6.16. The lowest BCUT2D eigenvalue weighted by Gasteiger charge is -2.34. The first-order valence-corrected chi connectivity index (χ1v) is 7.42. The van der Waals surface area contributed by atoms with E-state index in [0.29, 0.717) is 11.0 Å². The molecule has 1 fully saturated rings. The Hall–Kier alpha value is -1.00. The first-order chi connectivity index (χ1) is 9.08. The highest BCUT2D eigenvalue weighted by Gasteiger charge is 2.23. The van der Waals surface area contributed by atoms with Crippen molar-refractivity contribution >= 4 is 17.2 Å². The molecule has 0 amide bonds. The second kappa shape index (κ2) is 6.44. The lowest BCUT2D eigenvalue weighted by Crippen LogP contribution is -2.35. The highest BCUT2D eigenvalue weighted by atomic mass is 32.1. The Morgan fingerprint density at radius 2 is 2.32 bits per heavy atom. The van der Waals surface area contributed by atoms with Gasteiger partial charge in [-0.25, -0.2) is 0 Å². The molecule has 0 spiro atoms. The summed E-state index contributed by atoms with van der Waals surface area (Å²) in [6.45, 7) is 3.22. The SMILES string of the molecule is CC1CCCC(N(C)Cc2cccnc2C(N)=S)C1. The lowest BCUT2D eigenvalue weighted by molar-refractivity contribution is 0.157. The highest BCUT2D eigenvalue weighted by Crippen LogP contribution is 2.27. The predicted molar refractivity (Wildman–Crippen MR) is 83.0 cm³/mol. The van der Waals surface area contributed by atoms with Crippen LogP contribution in [-0.4, -0.2) is 28.0 Å². The van der Waals surface area contributed by atoms with Gasteiger partial charge in [-0.2, -0.15) is 0 Å². The topological polar surface area (TPSA) is 42.2 Å². The summed E-state index contributed by atoms with van der Waals surface area (Å²) >= 11 is 5.07. The molecule has 4 heteroatoms. The quantitative estimate of drug-likeness (QED) is 0.859. The van der Waals surface area contributed by atoms with Crippen LogP contribution in [-0.2, 0) is 6.54 Å². The number of hydrogen-bond acceptors (Lipinski definition) is 3. The van der Waals surface area contributed by atoms with Gasteiger partial charge >= 0.3 is 0 Å². The summed E-state index contributed by atoms with van der Waals surface area (Å²) < 4.78 is 0. The molecule has 19 heavy (non-hydrogen) atoms. The van der Waals surface area contributed by atoms with Gasteiger partial charge in [0.05, 0.1) is 0 Å². The average molecular weight is 277 g/mol. The molecule has 2 atom stereocenters. The van der Waals surface area contributed by atoms with Crippen LogP contribution in [0.4, 0.5) is 0 Å². The first-order valence-electron chi connectivity index (χ1n) is 7.02. The van der Waals surface area contributed by atoms with E-state index in [4.69, 9.17) is 18.0 Å². The van der Waals surface area contributed by atoms with Crippen molar-refractivity contribution in [3.63, 3.8) is 0 Å². The Labute approximate surface area is 121 Å². The summed E-state index contributed by atoms with van der Waals surface area (Å²) in [5.41, 5.74) is 7.65. The Balaban J connectivity index is 2.06. The molecule has 0 aliphatic heterocycles. The number of hydrogen-bond donors (Lipinski definition) is 1. The van der Waals surface area contributed by atoms with Crippen LogP contribution in [0.15, 0.2) is 18.3 Å². The Morgan fingerprint density at radius 1 is 1.53 bits per heavy atom. The van der Waals surface area contributed by atoms with Crippen molar-refractivity contribution in [2.45, 2.75) is 45.2 Å². The van der Waals surface area contributed by atoms with Crippen molar-refractivity contribution in [3.8, 4) is 0 Å².